The number of anilines is 1. The van der Waals surface area contributed by atoms with Crippen LogP contribution >= 0.6 is 15.9 Å². The predicted molar refractivity (Wildman–Crippen MR) is 69.2 cm³/mol. The molecule has 84 valence electrons. The molecule has 3 heteroatoms. The maximum Gasteiger partial charge on any atom is 0.140 e. The van der Waals surface area contributed by atoms with Crippen LogP contribution in [0.1, 0.15) is 32.8 Å². The Hall–Kier alpha value is -0.570. The van der Waals surface area contributed by atoms with Gasteiger partial charge in [-0.15, -0.1) is 0 Å². The van der Waals surface area contributed by atoms with E-state index in [4.69, 9.17) is 0 Å². The van der Waals surface area contributed by atoms with Crippen LogP contribution in [-0.4, -0.2) is 11.0 Å². The van der Waals surface area contributed by atoms with Gasteiger partial charge in [-0.05, 0) is 47.3 Å². The van der Waals surface area contributed by atoms with Crippen molar-refractivity contribution in [2.24, 2.45) is 5.92 Å². The minimum absolute atomic E-state index is 0.446. The van der Waals surface area contributed by atoms with Gasteiger partial charge in [0.05, 0.1) is 4.47 Å². The van der Waals surface area contributed by atoms with E-state index in [1.54, 1.807) is 0 Å². The highest BCUT2D eigenvalue weighted by atomic mass is 79.9. The van der Waals surface area contributed by atoms with E-state index in [2.05, 4.69) is 53.1 Å². The molecular weight excluding hydrogens is 252 g/mol. The van der Waals surface area contributed by atoms with Crippen LogP contribution in [0.15, 0.2) is 16.7 Å². The van der Waals surface area contributed by atoms with E-state index in [9.17, 15) is 0 Å². The Bertz CT molecular complexity index is 325. The van der Waals surface area contributed by atoms with Crippen LogP contribution in [0.25, 0.3) is 0 Å². The first-order valence-corrected chi connectivity index (χ1v) is 6.22. The Labute approximate surface area is 101 Å². The van der Waals surface area contributed by atoms with Crippen molar-refractivity contribution in [3.8, 4) is 0 Å². The van der Waals surface area contributed by atoms with Crippen molar-refractivity contribution in [1.29, 1.82) is 0 Å². The van der Waals surface area contributed by atoms with E-state index < -0.39 is 0 Å². The lowest BCUT2D eigenvalue weighted by Crippen LogP contribution is -2.23. The topological polar surface area (TPSA) is 24.9 Å². The monoisotopic (exact) mass is 270 g/mol. The van der Waals surface area contributed by atoms with Gasteiger partial charge in [-0.3, -0.25) is 0 Å². The van der Waals surface area contributed by atoms with E-state index in [1.165, 1.54) is 12.0 Å². The summed E-state index contributed by atoms with van der Waals surface area (Å²) in [5.74, 6) is 1.59. The van der Waals surface area contributed by atoms with Crippen LogP contribution in [0.2, 0.25) is 0 Å². The quantitative estimate of drug-likeness (QED) is 0.895. The summed E-state index contributed by atoms with van der Waals surface area (Å²) in [4.78, 5) is 4.38. The van der Waals surface area contributed by atoms with Gasteiger partial charge in [0.1, 0.15) is 5.82 Å². The third kappa shape index (κ3) is 3.49. The first kappa shape index (κ1) is 12.5. The zero-order valence-corrected chi connectivity index (χ0v) is 11.4. The standard InChI is InChI=1S/C12H19BrN2/c1-5-9(3)10(4)15-12-11(13)6-8(2)7-14-12/h6-7,9-10H,5H2,1-4H3,(H,14,15). The summed E-state index contributed by atoms with van der Waals surface area (Å²) in [5.41, 5.74) is 1.17. The molecule has 0 bridgehead atoms. The Morgan fingerprint density at radius 3 is 2.67 bits per heavy atom. The molecule has 0 saturated heterocycles. The van der Waals surface area contributed by atoms with Crippen molar-refractivity contribution in [3.63, 3.8) is 0 Å². The van der Waals surface area contributed by atoms with Gasteiger partial charge in [-0.25, -0.2) is 4.98 Å². The molecule has 15 heavy (non-hydrogen) atoms. The number of hydrogen-bond donors (Lipinski definition) is 1. The highest BCUT2D eigenvalue weighted by Crippen LogP contribution is 2.22. The Balaban J connectivity index is 2.72. The lowest BCUT2D eigenvalue weighted by atomic mass is 10.0. The van der Waals surface area contributed by atoms with Gasteiger partial charge in [0.15, 0.2) is 0 Å². The Morgan fingerprint density at radius 2 is 2.13 bits per heavy atom. The summed E-state index contributed by atoms with van der Waals surface area (Å²) in [6, 6.07) is 2.53. The molecule has 2 nitrogen and oxygen atoms in total. The number of aromatic nitrogens is 1. The Morgan fingerprint density at radius 1 is 1.47 bits per heavy atom. The molecule has 1 aromatic rings. The predicted octanol–water partition coefficient (Wildman–Crippen LogP) is 4.00. The molecule has 0 aromatic carbocycles. The van der Waals surface area contributed by atoms with Crippen molar-refractivity contribution in [2.75, 3.05) is 5.32 Å². The zero-order chi connectivity index (χ0) is 11.4. The SMILES string of the molecule is CCC(C)C(C)Nc1ncc(C)cc1Br. The van der Waals surface area contributed by atoms with Gasteiger partial charge in [0.2, 0.25) is 0 Å². The molecule has 0 saturated carbocycles. The molecule has 1 N–H and O–H groups in total. The van der Waals surface area contributed by atoms with E-state index in [1.807, 2.05) is 13.1 Å². The number of hydrogen-bond acceptors (Lipinski definition) is 2. The molecule has 2 atom stereocenters. The number of nitrogens with zero attached hydrogens (tertiary/aromatic N) is 1. The number of nitrogens with one attached hydrogen (secondary N) is 1. The van der Waals surface area contributed by atoms with Gasteiger partial charge >= 0.3 is 0 Å². The second-order valence-electron chi connectivity index (χ2n) is 4.16. The van der Waals surface area contributed by atoms with Crippen molar-refractivity contribution < 1.29 is 0 Å². The van der Waals surface area contributed by atoms with Gasteiger partial charge < -0.3 is 5.32 Å². The minimum Gasteiger partial charge on any atom is -0.366 e. The normalized spacial score (nSPS) is 14.7. The average molecular weight is 271 g/mol. The fourth-order valence-electron chi connectivity index (χ4n) is 1.35. The van der Waals surface area contributed by atoms with E-state index in [0.717, 1.165) is 10.3 Å². The van der Waals surface area contributed by atoms with Gasteiger partial charge in [0, 0.05) is 12.2 Å². The van der Waals surface area contributed by atoms with Crippen molar-refractivity contribution in [2.45, 2.75) is 40.2 Å². The van der Waals surface area contributed by atoms with Gasteiger partial charge in [-0.2, -0.15) is 0 Å². The van der Waals surface area contributed by atoms with Crippen molar-refractivity contribution in [1.82, 2.24) is 4.98 Å². The molecule has 0 aliphatic carbocycles. The highest BCUT2D eigenvalue weighted by Gasteiger charge is 2.11. The van der Waals surface area contributed by atoms with Crippen LogP contribution in [0.3, 0.4) is 0 Å². The summed E-state index contributed by atoms with van der Waals surface area (Å²) in [6.45, 7) is 8.70. The van der Waals surface area contributed by atoms with Crippen LogP contribution < -0.4 is 5.32 Å². The largest absolute Gasteiger partial charge is 0.366 e. The van der Waals surface area contributed by atoms with Crippen molar-refractivity contribution in [3.05, 3.63) is 22.3 Å². The highest BCUT2D eigenvalue weighted by molar-refractivity contribution is 9.10. The molecule has 1 rings (SSSR count). The third-order valence-electron chi connectivity index (χ3n) is 2.84. The lowest BCUT2D eigenvalue weighted by Gasteiger charge is -2.21. The zero-order valence-electron chi connectivity index (χ0n) is 9.84. The van der Waals surface area contributed by atoms with E-state index >= 15 is 0 Å². The summed E-state index contributed by atoms with van der Waals surface area (Å²) >= 11 is 3.52. The fourth-order valence-corrected chi connectivity index (χ4v) is 1.93. The number of halogens is 1. The maximum atomic E-state index is 4.38. The van der Waals surface area contributed by atoms with E-state index in [-0.39, 0.29) is 0 Å². The van der Waals surface area contributed by atoms with Crippen LogP contribution in [0.5, 0.6) is 0 Å². The molecule has 1 aromatic heterocycles. The number of aryl methyl sites for hydroxylation is 1. The maximum absolute atomic E-state index is 4.38. The first-order chi connectivity index (χ1) is 7.04. The molecule has 0 aliphatic heterocycles. The molecule has 2 unspecified atom stereocenters. The van der Waals surface area contributed by atoms with E-state index in [0.29, 0.717) is 12.0 Å². The molecule has 1 heterocycles. The molecule has 0 spiro atoms. The average Bonchev–Trinajstić information content (AvgIpc) is 2.20. The van der Waals surface area contributed by atoms with Crippen molar-refractivity contribution >= 4 is 21.7 Å². The summed E-state index contributed by atoms with van der Waals surface area (Å²) in [6.07, 6.45) is 3.06. The summed E-state index contributed by atoms with van der Waals surface area (Å²) in [5, 5.41) is 3.43. The van der Waals surface area contributed by atoms with Crippen LogP contribution in [0, 0.1) is 12.8 Å². The molecule has 0 amide bonds. The van der Waals surface area contributed by atoms with Crippen LogP contribution in [-0.2, 0) is 0 Å². The Kier molecular flexibility index (Phi) is 4.58. The minimum atomic E-state index is 0.446. The molecule has 0 radical (unpaired) electrons. The number of rotatable bonds is 4. The third-order valence-corrected chi connectivity index (χ3v) is 3.44. The second kappa shape index (κ2) is 5.50. The molecule has 0 fully saturated rings. The first-order valence-electron chi connectivity index (χ1n) is 5.43. The van der Waals surface area contributed by atoms with Gasteiger partial charge in [0.25, 0.3) is 0 Å². The second-order valence-corrected chi connectivity index (χ2v) is 5.02. The molecular formula is C12H19BrN2. The fraction of sp³-hybridized carbons (Fsp3) is 0.583. The van der Waals surface area contributed by atoms with Gasteiger partial charge in [-0.1, -0.05) is 20.3 Å². The summed E-state index contributed by atoms with van der Waals surface area (Å²) in [7, 11) is 0. The smallest absolute Gasteiger partial charge is 0.140 e. The lowest BCUT2D eigenvalue weighted by molar-refractivity contribution is 0.493. The summed E-state index contributed by atoms with van der Waals surface area (Å²) < 4.78 is 1.04. The molecule has 0 aliphatic rings. The number of pyridine rings is 1. The van der Waals surface area contributed by atoms with Crippen LogP contribution in [0.4, 0.5) is 5.82 Å².